The second-order valence-corrected chi connectivity index (χ2v) is 11.3. The van der Waals surface area contributed by atoms with Crippen molar-refractivity contribution < 1.29 is 25.5 Å². The third-order valence-corrected chi connectivity index (χ3v) is 8.50. The molecule has 0 radical (unpaired) electrons. The first-order chi connectivity index (χ1) is 22.8. The van der Waals surface area contributed by atoms with Gasteiger partial charge in [0.2, 0.25) is 0 Å². The van der Waals surface area contributed by atoms with Gasteiger partial charge in [0, 0.05) is 11.7 Å². The van der Waals surface area contributed by atoms with E-state index >= 15 is 0 Å². The van der Waals surface area contributed by atoms with Crippen molar-refractivity contribution in [3.8, 4) is 50.7 Å². The van der Waals surface area contributed by atoms with Crippen LogP contribution >= 0.6 is 0 Å². The first kappa shape index (κ1) is 28.9. The van der Waals surface area contributed by atoms with Crippen LogP contribution in [0.1, 0.15) is 0 Å². The number of nitrogens with zero attached hydrogens (tertiary/aromatic N) is 3. The quantitative estimate of drug-likeness (QED) is 0.163. The molecule has 0 bridgehead atoms. The summed E-state index contributed by atoms with van der Waals surface area (Å²) in [6.45, 7) is 0. The second kappa shape index (κ2) is 12.0. The Balaban J connectivity index is 0.00000324. The molecular formula is C42H25N3OPt. The van der Waals surface area contributed by atoms with Crippen molar-refractivity contribution >= 4 is 32.9 Å². The molecular weight excluding hydrogens is 758 g/mol. The van der Waals surface area contributed by atoms with Gasteiger partial charge in [0.25, 0.3) is 0 Å². The molecule has 0 aliphatic heterocycles. The fourth-order valence-electron chi connectivity index (χ4n) is 6.27. The maximum atomic E-state index is 6.17. The summed E-state index contributed by atoms with van der Waals surface area (Å²) in [6.07, 6.45) is 1.82. The van der Waals surface area contributed by atoms with Crippen LogP contribution in [0, 0.1) is 12.1 Å². The summed E-state index contributed by atoms with van der Waals surface area (Å²) < 4.78 is 8.44. The fourth-order valence-corrected chi connectivity index (χ4v) is 6.27. The average Bonchev–Trinajstić information content (AvgIpc) is 3.71. The minimum atomic E-state index is 0. The number of hydrogen-bond acceptors (Lipinski definition) is 3. The largest absolute Gasteiger partial charge is 2.00 e. The van der Waals surface area contributed by atoms with Gasteiger partial charge >= 0.3 is 21.1 Å². The van der Waals surface area contributed by atoms with Gasteiger partial charge in [0.05, 0.1) is 5.52 Å². The van der Waals surface area contributed by atoms with E-state index in [9.17, 15) is 0 Å². The van der Waals surface area contributed by atoms with Crippen LogP contribution in [0.3, 0.4) is 0 Å². The molecule has 0 saturated heterocycles. The van der Waals surface area contributed by atoms with E-state index < -0.39 is 0 Å². The number of oxazole rings is 1. The average molecular weight is 783 g/mol. The van der Waals surface area contributed by atoms with E-state index in [2.05, 4.69) is 113 Å². The summed E-state index contributed by atoms with van der Waals surface area (Å²) in [5, 5.41) is 2.23. The summed E-state index contributed by atoms with van der Waals surface area (Å²) in [7, 11) is 0. The van der Waals surface area contributed by atoms with Crippen LogP contribution < -0.4 is 0 Å². The molecule has 224 valence electrons. The van der Waals surface area contributed by atoms with Gasteiger partial charge in [0.1, 0.15) is 11.5 Å². The summed E-state index contributed by atoms with van der Waals surface area (Å²) in [6, 6.07) is 57.4. The van der Waals surface area contributed by atoms with Crippen molar-refractivity contribution in [3.63, 3.8) is 0 Å². The predicted octanol–water partition coefficient (Wildman–Crippen LogP) is 10.6. The molecule has 4 nitrogen and oxygen atoms in total. The van der Waals surface area contributed by atoms with E-state index in [0.29, 0.717) is 5.89 Å². The molecule has 47 heavy (non-hydrogen) atoms. The Morgan fingerprint density at radius 1 is 0.553 bits per heavy atom. The molecule has 0 N–H and O–H groups in total. The van der Waals surface area contributed by atoms with Gasteiger partial charge in [-0.05, 0) is 57.7 Å². The molecule has 3 aromatic heterocycles. The first-order valence-corrected chi connectivity index (χ1v) is 15.3. The van der Waals surface area contributed by atoms with Crippen molar-refractivity contribution in [1.82, 2.24) is 14.5 Å². The van der Waals surface area contributed by atoms with Gasteiger partial charge in [-0.2, -0.15) is 0 Å². The number of pyridine rings is 1. The number of benzene rings is 6. The van der Waals surface area contributed by atoms with Crippen LogP contribution in [-0.2, 0) is 21.1 Å². The molecule has 0 amide bonds. The van der Waals surface area contributed by atoms with Crippen LogP contribution in [0.2, 0.25) is 0 Å². The Bertz CT molecular complexity index is 2480. The van der Waals surface area contributed by atoms with Crippen molar-refractivity contribution in [2.45, 2.75) is 0 Å². The normalized spacial score (nSPS) is 11.2. The Labute approximate surface area is 286 Å². The Kier molecular flexibility index (Phi) is 7.36. The molecule has 0 spiro atoms. The zero-order valence-electron chi connectivity index (χ0n) is 25.0. The standard InChI is InChI=1S/C42H25N3O.Pt/c1-2-10-28(11-3-1)29-17-19-30(20-18-29)33-23-21-31(36-13-8-9-25-43-36)26-39(33)45-38-15-6-4-12-34(38)35-24-22-32(27-40(35)45)42-44-37-14-5-7-16-41(37)46-42;/h1-25H;/q-2;+2. The molecule has 0 fully saturated rings. The van der Waals surface area contributed by atoms with Gasteiger partial charge in [0.15, 0.2) is 0 Å². The van der Waals surface area contributed by atoms with E-state index in [4.69, 9.17) is 9.40 Å². The fraction of sp³-hybridized carbons (Fsp3) is 0. The molecule has 3 heterocycles. The maximum Gasteiger partial charge on any atom is 2.00 e. The van der Waals surface area contributed by atoms with Gasteiger partial charge in [-0.25, -0.2) is 0 Å². The molecule has 0 unspecified atom stereocenters. The minimum absolute atomic E-state index is 0. The summed E-state index contributed by atoms with van der Waals surface area (Å²) in [5.41, 5.74) is 11.6. The van der Waals surface area contributed by atoms with Gasteiger partial charge in [-0.15, -0.1) is 42.0 Å². The number of fused-ring (bicyclic) bond motifs is 4. The number of rotatable bonds is 5. The third-order valence-electron chi connectivity index (χ3n) is 8.50. The minimum Gasteiger partial charge on any atom is -0.481 e. The van der Waals surface area contributed by atoms with E-state index in [1.54, 1.807) is 0 Å². The van der Waals surface area contributed by atoms with Crippen LogP contribution in [0.15, 0.2) is 156 Å². The van der Waals surface area contributed by atoms with Gasteiger partial charge < -0.3 is 14.0 Å². The molecule has 9 aromatic rings. The number of aromatic nitrogens is 3. The number of hydrogen-bond donors (Lipinski definition) is 0. The summed E-state index contributed by atoms with van der Waals surface area (Å²) >= 11 is 0. The smallest absolute Gasteiger partial charge is 0.481 e. The molecule has 5 heteroatoms. The first-order valence-electron chi connectivity index (χ1n) is 15.3. The van der Waals surface area contributed by atoms with E-state index in [1.165, 1.54) is 11.1 Å². The van der Waals surface area contributed by atoms with Crippen LogP contribution in [-0.4, -0.2) is 14.5 Å². The third kappa shape index (κ3) is 5.08. The van der Waals surface area contributed by atoms with Crippen LogP contribution in [0.4, 0.5) is 0 Å². The maximum absolute atomic E-state index is 6.17. The van der Waals surface area contributed by atoms with E-state index in [1.807, 2.05) is 60.8 Å². The van der Waals surface area contributed by atoms with Crippen molar-refractivity contribution in [2.75, 3.05) is 0 Å². The van der Waals surface area contributed by atoms with Crippen molar-refractivity contribution in [3.05, 3.63) is 164 Å². The van der Waals surface area contributed by atoms with Crippen molar-refractivity contribution in [2.24, 2.45) is 0 Å². The zero-order valence-corrected chi connectivity index (χ0v) is 27.3. The molecule has 0 atom stereocenters. The van der Waals surface area contributed by atoms with Crippen LogP contribution in [0.5, 0.6) is 0 Å². The Morgan fingerprint density at radius 3 is 2.11 bits per heavy atom. The topological polar surface area (TPSA) is 43.9 Å². The zero-order chi connectivity index (χ0) is 30.5. The van der Waals surface area contributed by atoms with Gasteiger partial charge in [-0.1, -0.05) is 119 Å². The molecule has 0 saturated carbocycles. The predicted molar refractivity (Wildman–Crippen MR) is 186 cm³/mol. The number of para-hydroxylation sites is 3. The summed E-state index contributed by atoms with van der Waals surface area (Å²) in [4.78, 5) is 9.42. The monoisotopic (exact) mass is 782 g/mol. The second-order valence-electron chi connectivity index (χ2n) is 11.3. The Hall–Kier alpha value is -5.57. The summed E-state index contributed by atoms with van der Waals surface area (Å²) in [5.74, 6) is 0.544. The van der Waals surface area contributed by atoms with Gasteiger partial charge in [-0.3, -0.25) is 4.98 Å². The van der Waals surface area contributed by atoms with Crippen molar-refractivity contribution in [1.29, 1.82) is 0 Å². The molecule has 6 aromatic carbocycles. The van der Waals surface area contributed by atoms with E-state index in [0.717, 1.165) is 66.5 Å². The van der Waals surface area contributed by atoms with E-state index in [-0.39, 0.29) is 21.1 Å². The Morgan fingerprint density at radius 2 is 1.28 bits per heavy atom. The molecule has 0 aliphatic rings. The SMILES string of the molecule is [Pt+2].[c-]1c(-c2ccccn2)ccc(-c2ccc(-c3ccccc3)cc2)c1-n1c2[c-]c(-c3nc4ccccc4o3)ccc2c2ccccc21. The van der Waals surface area contributed by atoms with Crippen LogP contribution in [0.25, 0.3) is 83.6 Å². The molecule has 9 rings (SSSR count). The molecule has 0 aliphatic carbocycles.